The molecule has 0 heterocycles. The Morgan fingerprint density at radius 1 is 0.708 bits per heavy atom. The van der Waals surface area contributed by atoms with Gasteiger partial charge in [0.05, 0.1) is 12.4 Å². The van der Waals surface area contributed by atoms with E-state index in [-0.39, 0.29) is 18.8 Å². The van der Waals surface area contributed by atoms with Crippen LogP contribution in [0.1, 0.15) is 77.0 Å². The van der Waals surface area contributed by atoms with E-state index in [4.69, 9.17) is 15.3 Å². The van der Waals surface area contributed by atoms with Crippen LogP contribution in [-0.2, 0) is 4.79 Å². The largest absolute Gasteiger partial charge is 0.513 e. The van der Waals surface area contributed by atoms with Crippen molar-refractivity contribution in [2.45, 2.75) is 77.0 Å². The van der Waals surface area contributed by atoms with Crippen LogP contribution in [0, 0.1) is 0 Å². The molecule has 0 aliphatic carbocycles. The number of aliphatic hydroxyl groups excluding tert-OH is 2. The predicted octanol–water partition coefficient (Wildman–Crippen LogP) is 4.12. The standard InChI is InChI=1S/C19H37NO4/c1-18(22)12-8-4-2-6-10-14-20(16-17-21)15-11-7-3-5-9-13-19(23)24/h21-22H,1-17H2,(H,23,24). The first kappa shape index (κ1) is 22.9. The molecule has 0 atom stereocenters. The maximum absolute atomic E-state index is 10.4. The summed E-state index contributed by atoms with van der Waals surface area (Å²) in [5.41, 5.74) is 0. The summed E-state index contributed by atoms with van der Waals surface area (Å²) in [6.07, 6.45) is 11.8. The molecule has 0 rings (SSSR count). The molecule has 0 bridgehead atoms. The molecule has 5 heteroatoms. The molecular weight excluding hydrogens is 306 g/mol. The number of carbonyl (C=O) groups is 1. The fourth-order valence-electron chi connectivity index (χ4n) is 2.81. The zero-order valence-electron chi connectivity index (χ0n) is 15.2. The highest BCUT2D eigenvalue weighted by Crippen LogP contribution is 2.10. The maximum Gasteiger partial charge on any atom is 0.303 e. The molecule has 0 fully saturated rings. The Bertz CT molecular complexity index is 292. The van der Waals surface area contributed by atoms with Gasteiger partial charge in [-0.3, -0.25) is 4.79 Å². The molecule has 0 radical (unpaired) electrons. The highest BCUT2D eigenvalue weighted by molar-refractivity contribution is 5.66. The Kier molecular flexibility index (Phi) is 16.0. The molecule has 0 amide bonds. The van der Waals surface area contributed by atoms with E-state index in [9.17, 15) is 4.79 Å². The molecule has 0 aromatic carbocycles. The number of aliphatic hydroxyl groups is 2. The number of nitrogens with zero attached hydrogens (tertiary/aromatic N) is 1. The average molecular weight is 344 g/mol. The van der Waals surface area contributed by atoms with Crippen LogP contribution in [0.3, 0.4) is 0 Å². The molecule has 0 saturated carbocycles. The Morgan fingerprint density at radius 2 is 1.17 bits per heavy atom. The van der Waals surface area contributed by atoms with Gasteiger partial charge < -0.3 is 20.2 Å². The molecule has 0 aromatic heterocycles. The third-order valence-corrected chi connectivity index (χ3v) is 4.22. The van der Waals surface area contributed by atoms with E-state index in [0.717, 1.165) is 71.0 Å². The minimum Gasteiger partial charge on any atom is -0.513 e. The molecule has 0 saturated heterocycles. The second-order valence-corrected chi connectivity index (χ2v) is 6.56. The molecule has 0 aliphatic heterocycles. The lowest BCUT2D eigenvalue weighted by atomic mass is 10.1. The van der Waals surface area contributed by atoms with Crippen molar-refractivity contribution in [3.05, 3.63) is 12.3 Å². The number of rotatable bonds is 18. The van der Waals surface area contributed by atoms with E-state index < -0.39 is 5.97 Å². The van der Waals surface area contributed by atoms with Crippen molar-refractivity contribution in [1.29, 1.82) is 0 Å². The molecule has 5 nitrogen and oxygen atoms in total. The van der Waals surface area contributed by atoms with Gasteiger partial charge in [-0.25, -0.2) is 0 Å². The summed E-state index contributed by atoms with van der Waals surface area (Å²) < 4.78 is 0. The molecular formula is C19H37NO4. The second-order valence-electron chi connectivity index (χ2n) is 6.56. The molecule has 24 heavy (non-hydrogen) atoms. The topological polar surface area (TPSA) is 81.0 Å². The number of unbranched alkanes of at least 4 members (excludes halogenated alkanes) is 8. The smallest absolute Gasteiger partial charge is 0.303 e. The number of hydrogen-bond donors (Lipinski definition) is 3. The number of allylic oxidation sites excluding steroid dienone is 1. The van der Waals surface area contributed by atoms with E-state index in [1.807, 2.05) is 0 Å². The van der Waals surface area contributed by atoms with Crippen LogP contribution in [0.4, 0.5) is 0 Å². The van der Waals surface area contributed by atoms with E-state index in [2.05, 4.69) is 11.5 Å². The summed E-state index contributed by atoms with van der Waals surface area (Å²) in [6.45, 7) is 6.49. The number of carboxylic acids is 1. The third-order valence-electron chi connectivity index (χ3n) is 4.22. The summed E-state index contributed by atoms with van der Waals surface area (Å²) in [6, 6.07) is 0. The van der Waals surface area contributed by atoms with Crippen LogP contribution >= 0.6 is 0 Å². The first-order valence-electron chi connectivity index (χ1n) is 9.48. The van der Waals surface area contributed by atoms with Gasteiger partial charge in [0.1, 0.15) is 0 Å². The van der Waals surface area contributed by atoms with Gasteiger partial charge in [0.2, 0.25) is 0 Å². The van der Waals surface area contributed by atoms with Gasteiger partial charge in [0, 0.05) is 19.4 Å². The van der Waals surface area contributed by atoms with Crippen LogP contribution in [0.25, 0.3) is 0 Å². The summed E-state index contributed by atoms with van der Waals surface area (Å²) in [5.74, 6) is -0.419. The van der Waals surface area contributed by atoms with Crippen LogP contribution in [0.15, 0.2) is 12.3 Å². The summed E-state index contributed by atoms with van der Waals surface area (Å²) in [4.78, 5) is 12.7. The molecule has 3 N–H and O–H groups in total. The van der Waals surface area contributed by atoms with Crippen molar-refractivity contribution in [1.82, 2.24) is 4.90 Å². The highest BCUT2D eigenvalue weighted by atomic mass is 16.4. The summed E-state index contributed by atoms with van der Waals surface area (Å²) in [5, 5.41) is 26.7. The lowest BCUT2D eigenvalue weighted by molar-refractivity contribution is -0.137. The maximum atomic E-state index is 10.4. The molecule has 0 aromatic rings. The van der Waals surface area contributed by atoms with Gasteiger partial charge in [0.15, 0.2) is 0 Å². The Labute approximate surface area is 147 Å². The number of aliphatic carboxylic acids is 1. The Balaban J connectivity index is 3.52. The van der Waals surface area contributed by atoms with Gasteiger partial charge in [-0.05, 0) is 38.8 Å². The average Bonchev–Trinajstić information content (AvgIpc) is 2.52. The van der Waals surface area contributed by atoms with Gasteiger partial charge in [-0.1, -0.05) is 45.1 Å². The Morgan fingerprint density at radius 3 is 1.62 bits per heavy atom. The van der Waals surface area contributed by atoms with Gasteiger partial charge in [-0.2, -0.15) is 0 Å². The SMILES string of the molecule is C=C(O)CCCCCCCN(CCO)CCCCCCCC(=O)O. The van der Waals surface area contributed by atoms with Gasteiger partial charge >= 0.3 is 5.97 Å². The van der Waals surface area contributed by atoms with Crippen LogP contribution in [0.5, 0.6) is 0 Å². The molecule has 0 aliphatic rings. The fourth-order valence-corrected chi connectivity index (χ4v) is 2.81. The van der Waals surface area contributed by atoms with E-state index in [1.165, 1.54) is 12.8 Å². The summed E-state index contributed by atoms with van der Waals surface area (Å²) >= 11 is 0. The number of hydrogen-bond acceptors (Lipinski definition) is 4. The second kappa shape index (κ2) is 16.8. The predicted molar refractivity (Wildman–Crippen MR) is 98.3 cm³/mol. The van der Waals surface area contributed by atoms with Crippen molar-refractivity contribution in [3.63, 3.8) is 0 Å². The first-order chi connectivity index (χ1) is 11.6. The van der Waals surface area contributed by atoms with E-state index in [0.29, 0.717) is 6.42 Å². The normalized spacial score (nSPS) is 11.1. The lowest BCUT2D eigenvalue weighted by Crippen LogP contribution is -2.29. The van der Waals surface area contributed by atoms with Crippen LogP contribution in [-0.4, -0.2) is 52.4 Å². The zero-order valence-corrected chi connectivity index (χ0v) is 15.2. The molecule has 0 spiro atoms. The van der Waals surface area contributed by atoms with Crippen molar-refractivity contribution < 1.29 is 20.1 Å². The minimum atomic E-state index is -0.703. The number of carboxylic acid groups (broad SMARTS) is 1. The molecule has 142 valence electrons. The molecule has 0 unspecified atom stereocenters. The highest BCUT2D eigenvalue weighted by Gasteiger charge is 2.04. The monoisotopic (exact) mass is 343 g/mol. The first-order valence-corrected chi connectivity index (χ1v) is 9.48. The van der Waals surface area contributed by atoms with Gasteiger partial charge in [0.25, 0.3) is 0 Å². The van der Waals surface area contributed by atoms with E-state index in [1.54, 1.807) is 0 Å². The lowest BCUT2D eigenvalue weighted by Gasteiger charge is -2.21. The Hall–Kier alpha value is -1.07. The van der Waals surface area contributed by atoms with Crippen molar-refractivity contribution >= 4 is 5.97 Å². The quantitative estimate of drug-likeness (QED) is 0.258. The van der Waals surface area contributed by atoms with E-state index >= 15 is 0 Å². The summed E-state index contributed by atoms with van der Waals surface area (Å²) in [7, 11) is 0. The minimum absolute atomic E-state index is 0.206. The third kappa shape index (κ3) is 17.3. The van der Waals surface area contributed by atoms with Crippen LogP contribution in [0.2, 0.25) is 0 Å². The van der Waals surface area contributed by atoms with Gasteiger partial charge in [-0.15, -0.1) is 0 Å². The van der Waals surface area contributed by atoms with Crippen LogP contribution < -0.4 is 0 Å². The van der Waals surface area contributed by atoms with Crippen molar-refractivity contribution in [3.8, 4) is 0 Å². The fraction of sp³-hybridized carbons (Fsp3) is 0.842. The zero-order chi connectivity index (χ0) is 18.0. The van der Waals surface area contributed by atoms with Crippen molar-refractivity contribution in [2.24, 2.45) is 0 Å². The van der Waals surface area contributed by atoms with Crippen molar-refractivity contribution in [2.75, 3.05) is 26.2 Å².